The maximum Gasteiger partial charge on any atom is 0.269 e. The SMILES string of the molecule is CC(C)(C)c1cc2ccc3ccc(NSc4ccc([N+](=O)[O-])cc4)c4ccc(c1)c2c34. The van der Waals surface area contributed by atoms with Gasteiger partial charge in [-0.15, -0.1) is 0 Å². The molecule has 0 aliphatic carbocycles. The van der Waals surface area contributed by atoms with Crippen LogP contribution in [0, 0.1) is 10.1 Å². The highest BCUT2D eigenvalue weighted by Gasteiger charge is 2.17. The largest absolute Gasteiger partial charge is 0.325 e. The minimum Gasteiger partial charge on any atom is -0.325 e. The minimum atomic E-state index is -0.381. The van der Waals surface area contributed by atoms with Crippen molar-refractivity contribution in [3.63, 3.8) is 0 Å². The van der Waals surface area contributed by atoms with Gasteiger partial charge < -0.3 is 4.72 Å². The molecule has 154 valence electrons. The van der Waals surface area contributed by atoms with E-state index in [2.05, 4.69) is 74.0 Å². The highest BCUT2D eigenvalue weighted by Crippen LogP contribution is 2.40. The number of rotatable bonds is 4. The van der Waals surface area contributed by atoms with Crippen molar-refractivity contribution >= 4 is 55.6 Å². The fourth-order valence-electron chi connectivity index (χ4n) is 4.09. The van der Waals surface area contributed by atoms with E-state index < -0.39 is 0 Å². The maximum atomic E-state index is 10.9. The zero-order valence-electron chi connectivity index (χ0n) is 17.6. The van der Waals surface area contributed by atoms with Crippen LogP contribution in [0.5, 0.6) is 0 Å². The van der Waals surface area contributed by atoms with Crippen molar-refractivity contribution in [1.29, 1.82) is 0 Å². The number of nitrogens with zero attached hydrogens (tertiary/aromatic N) is 1. The second-order valence-electron chi connectivity index (χ2n) is 8.89. The fraction of sp³-hybridized carbons (Fsp3) is 0.154. The normalized spacial score (nSPS) is 12.1. The number of benzene rings is 5. The topological polar surface area (TPSA) is 55.2 Å². The third-order valence-corrected chi connectivity index (χ3v) is 6.62. The van der Waals surface area contributed by atoms with E-state index in [1.807, 2.05) is 0 Å². The molecule has 0 aliphatic rings. The summed E-state index contributed by atoms with van der Waals surface area (Å²) in [5.41, 5.74) is 2.57. The summed E-state index contributed by atoms with van der Waals surface area (Å²) in [6.45, 7) is 6.74. The van der Waals surface area contributed by atoms with E-state index in [4.69, 9.17) is 0 Å². The van der Waals surface area contributed by atoms with E-state index in [9.17, 15) is 10.1 Å². The Hall–Kier alpha value is -3.31. The molecule has 0 radical (unpaired) electrons. The molecule has 0 bridgehead atoms. The first kappa shape index (κ1) is 19.6. The molecule has 1 N–H and O–H groups in total. The van der Waals surface area contributed by atoms with Crippen molar-refractivity contribution in [2.24, 2.45) is 0 Å². The lowest BCUT2D eigenvalue weighted by molar-refractivity contribution is -0.384. The molecule has 4 nitrogen and oxygen atoms in total. The average molecular weight is 427 g/mol. The molecule has 0 aliphatic heterocycles. The van der Waals surface area contributed by atoms with Crippen LogP contribution < -0.4 is 4.72 Å². The van der Waals surface area contributed by atoms with Gasteiger partial charge in [-0.25, -0.2) is 0 Å². The van der Waals surface area contributed by atoms with Gasteiger partial charge in [-0.2, -0.15) is 0 Å². The molecule has 5 aromatic carbocycles. The van der Waals surface area contributed by atoms with E-state index in [0.717, 1.165) is 10.6 Å². The molecule has 0 amide bonds. The molecule has 0 aromatic heterocycles. The zero-order chi connectivity index (χ0) is 21.8. The van der Waals surface area contributed by atoms with Crippen LogP contribution in [-0.2, 0) is 5.41 Å². The Morgan fingerprint density at radius 1 is 0.806 bits per heavy atom. The lowest BCUT2D eigenvalue weighted by Gasteiger charge is -2.22. The summed E-state index contributed by atoms with van der Waals surface area (Å²) in [5, 5.41) is 18.4. The van der Waals surface area contributed by atoms with Gasteiger partial charge in [0.15, 0.2) is 0 Å². The van der Waals surface area contributed by atoms with Crippen LogP contribution in [0.15, 0.2) is 77.7 Å². The third-order valence-electron chi connectivity index (χ3n) is 5.79. The van der Waals surface area contributed by atoms with Gasteiger partial charge in [-0.1, -0.05) is 63.2 Å². The van der Waals surface area contributed by atoms with Crippen molar-refractivity contribution in [2.45, 2.75) is 31.1 Å². The van der Waals surface area contributed by atoms with Gasteiger partial charge in [-0.3, -0.25) is 10.1 Å². The second kappa shape index (κ2) is 7.13. The molecule has 31 heavy (non-hydrogen) atoms. The predicted molar refractivity (Wildman–Crippen MR) is 131 cm³/mol. The molecule has 0 atom stereocenters. The highest BCUT2D eigenvalue weighted by atomic mass is 32.2. The van der Waals surface area contributed by atoms with Crippen LogP contribution in [0.4, 0.5) is 11.4 Å². The molecule has 0 spiro atoms. The predicted octanol–water partition coefficient (Wildman–Crippen LogP) is 7.91. The minimum absolute atomic E-state index is 0.0958. The number of nitro benzene ring substituents is 1. The summed E-state index contributed by atoms with van der Waals surface area (Å²) in [6, 6.07) is 24.3. The number of hydrogen-bond acceptors (Lipinski definition) is 4. The van der Waals surface area contributed by atoms with Gasteiger partial charge in [0, 0.05) is 22.4 Å². The second-order valence-corrected chi connectivity index (χ2v) is 9.77. The van der Waals surface area contributed by atoms with Crippen molar-refractivity contribution < 1.29 is 4.92 Å². The Morgan fingerprint density at radius 3 is 2.06 bits per heavy atom. The maximum absolute atomic E-state index is 10.9. The Labute approximate surface area is 184 Å². The van der Waals surface area contributed by atoms with Crippen LogP contribution in [0.25, 0.3) is 32.3 Å². The number of nitro groups is 1. The van der Waals surface area contributed by atoms with Gasteiger partial charge >= 0.3 is 0 Å². The van der Waals surface area contributed by atoms with Crippen LogP contribution in [-0.4, -0.2) is 4.92 Å². The first-order chi connectivity index (χ1) is 14.8. The molecule has 0 fully saturated rings. The summed E-state index contributed by atoms with van der Waals surface area (Å²) < 4.78 is 3.45. The van der Waals surface area contributed by atoms with Crippen LogP contribution >= 0.6 is 11.9 Å². The first-order valence-electron chi connectivity index (χ1n) is 10.2. The molecule has 5 heteroatoms. The molecular formula is C26H22N2O2S. The quantitative estimate of drug-likeness (QED) is 0.137. The van der Waals surface area contributed by atoms with Crippen LogP contribution in [0.3, 0.4) is 0 Å². The van der Waals surface area contributed by atoms with Crippen molar-refractivity contribution in [1.82, 2.24) is 0 Å². The molecule has 0 saturated heterocycles. The first-order valence-corrected chi connectivity index (χ1v) is 11.0. The van der Waals surface area contributed by atoms with E-state index >= 15 is 0 Å². The molecule has 5 aromatic rings. The molecule has 0 saturated carbocycles. The summed E-state index contributed by atoms with van der Waals surface area (Å²) in [4.78, 5) is 11.4. The zero-order valence-corrected chi connectivity index (χ0v) is 18.4. The lowest BCUT2D eigenvalue weighted by atomic mass is 9.83. The molecule has 0 unspecified atom stereocenters. The highest BCUT2D eigenvalue weighted by molar-refractivity contribution is 8.00. The summed E-state index contributed by atoms with van der Waals surface area (Å²) >= 11 is 1.46. The van der Waals surface area contributed by atoms with E-state index in [1.165, 1.54) is 62.0 Å². The van der Waals surface area contributed by atoms with Crippen LogP contribution in [0.1, 0.15) is 26.3 Å². The van der Waals surface area contributed by atoms with E-state index in [1.54, 1.807) is 12.1 Å². The van der Waals surface area contributed by atoms with Gasteiger partial charge in [0.25, 0.3) is 5.69 Å². The monoisotopic (exact) mass is 426 g/mol. The van der Waals surface area contributed by atoms with Gasteiger partial charge in [0.2, 0.25) is 0 Å². The number of anilines is 1. The Balaban J connectivity index is 1.58. The molecule has 5 rings (SSSR count). The Bertz CT molecular complexity index is 1420. The summed E-state index contributed by atoms with van der Waals surface area (Å²) in [5.74, 6) is 0. The number of nitrogens with one attached hydrogen (secondary N) is 1. The van der Waals surface area contributed by atoms with Crippen molar-refractivity contribution in [2.75, 3.05) is 4.72 Å². The van der Waals surface area contributed by atoms with Gasteiger partial charge in [-0.05, 0) is 68.1 Å². The summed E-state index contributed by atoms with van der Waals surface area (Å²) in [7, 11) is 0. The summed E-state index contributed by atoms with van der Waals surface area (Å²) in [6.07, 6.45) is 0. The Kier molecular flexibility index (Phi) is 4.52. The lowest BCUT2D eigenvalue weighted by Crippen LogP contribution is -2.10. The smallest absolute Gasteiger partial charge is 0.269 e. The van der Waals surface area contributed by atoms with Gasteiger partial charge in [0.05, 0.1) is 10.6 Å². The van der Waals surface area contributed by atoms with Crippen molar-refractivity contribution in [3.8, 4) is 0 Å². The average Bonchev–Trinajstić information content (AvgIpc) is 2.75. The number of non-ortho nitro benzene ring substituents is 1. The van der Waals surface area contributed by atoms with Crippen molar-refractivity contribution in [3.05, 3.63) is 88.5 Å². The van der Waals surface area contributed by atoms with E-state index in [-0.39, 0.29) is 16.0 Å². The number of hydrogen-bond donors (Lipinski definition) is 1. The van der Waals surface area contributed by atoms with E-state index in [0.29, 0.717) is 0 Å². The molecule has 0 heterocycles. The Morgan fingerprint density at radius 2 is 1.42 bits per heavy atom. The third kappa shape index (κ3) is 3.45. The van der Waals surface area contributed by atoms with Gasteiger partial charge in [0.1, 0.15) is 0 Å². The standard InChI is InChI=1S/C26H22N2O2S/c1-26(2,3)19-14-17-5-4-16-7-13-23(22-12-6-18(15-19)24(17)25(16)22)27-31-21-10-8-20(9-11-21)28(29)30/h4-15,27H,1-3H3. The molecular weight excluding hydrogens is 404 g/mol. The fourth-order valence-corrected chi connectivity index (χ4v) is 4.77. The van der Waals surface area contributed by atoms with Crippen LogP contribution in [0.2, 0.25) is 0 Å².